The summed E-state index contributed by atoms with van der Waals surface area (Å²) in [6.07, 6.45) is 3.65. The topological polar surface area (TPSA) is 49.5 Å². The fourth-order valence-corrected chi connectivity index (χ4v) is 3.21. The zero-order valence-electron chi connectivity index (χ0n) is 16.1. The second-order valence-corrected chi connectivity index (χ2v) is 7.62. The normalized spacial score (nSPS) is 18.6. The summed E-state index contributed by atoms with van der Waals surface area (Å²) in [6.45, 7) is 7.05. The minimum Gasteiger partial charge on any atom is -0.622 e. The van der Waals surface area contributed by atoms with Crippen LogP contribution in [0.15, 0.2) is 60.7 Å². The van der Waals surface area contributed by atoms with Gasteiger partial charge in [0, 0.05) is 31.1 Å². The van der Waals surface area contributed by atoms with Crippen LogP contribution in [0.1, 0.15) is 44.4 Å². The van der Waals surface area contributed by atoms with Gasteiger partial charge in [-0.25, -0.2) is 0 Å². The molecular formula is C23H24N2O2. The highest BCUT2D eigenvalue weighted by Crippen LogP contribution is 2.32. The highest BCUT2D eigenvalue weighted by atomic mass is 16.6. The summed E-state index contributed by atoms with van der Waals surface area (Å²) < 4.78 is 0.864. The maximum absolute atomic E-state index is 12.6. The second kappa shape index (κ2) is 7.03. The van der Waals surface area contributed by atoms with Gasteiger partial charge in [0.1, 0.15) is 5.54 Å². The standard InChI is InChI=1S/C23H24N2O2/c1-22(2)21(24(26)23(3,4)25(22)27)17-16-20-14-12-19(13-15-20)11-10-18-8-6-5-7-9-18/h5-9,12-17,27H,1-4H3/b17-16+. The minimum absolute atomic E-state index is 0.517. The van der Waals surface area contributed by atoms with Gasteiger partial charge < -0.3 is 10.4 Å². The number of hydroxylamine groups is 3. The Labute approximate surface area is 160 Å². The van der Waals surface area contributed by atoms with Crippen LogP contribution in [0.3, 0.4) is 0 Å². The van der Waals surface area contributed by atoms with Gasteiger partial charge >= 0.3 is 0 Å². The lowest BCUT2D eigenvalue weighted by atomic mass is 9.97. The van der Waals surface area contributed by atoms with E-state index in [4.69, 9.17) is 0 Å². The number of hydrogen-bond acceptors (Lipinski definition) is 3. The molecule has 0 bridgehead atoms. The Hall–Kier alpha value is -2.87. The van der Waals surface area contributed by atoms with Crippen molar-refractivity contribution in [2.24, 2.45) is 0 Å². The first-order chi connectivity index (χ1) is 12.7. The van der Waals surface area contributed by atoms with Gasteiger partial charge in [0.15, 0.2) is 0 Å². The van der Waals surface area contributed by atoms with E-state index in [0.29, 0.717) is 5.71 Å². The smallest absolute Gasteiger partial charge is 0.245 e. The van der Waals surface area contributed by atoms with E-state index in [1.54, 1.807) is 19.9 Å². The minimum atomic E-state index is -1.000. The van der Waals surface area contributed by atoms with Gasteiger partial charge in [0.2, 0.25) is 11.4 Å². The molecule has 0 spiro atoms. The Balaban J connectivity index is 1.79. The van der Waals surface area contributed by atoms with Crippen molar-refractivity contribution < 1.29 is 9.95 Å². The fourth-order valence-electron chi connectivity index (χ4n) is 3.21. The van der Waals surface area contributed by atoms with Crippen LogP contribution in [0.25, 0.3) is 6.08 Å². The molecule has 4 heteroatoms. The Bertz CT molecular complexity index is 943. The molecule has 0 atom stereocenters. The van der Waals surface area contributed by atoms with E-state index in [9.17, 15) is 10.4 Å². The summed E-state index contributed by atoms with van der Waals surface area (Å²) in [4.78, 5) is 0. The molecule has 0 unspecified atom stereocenters. The summed E-state index contributed by atoms with van der Waals surface area (Å²) in [6, 6.07) is 17.7. The van der Waals surface area contributed by atoms with Crippen LogP contribution in [0, 0.1) is 17.0 Å². The predicted molar refractivity (Wildman–Crippen MR) is 108 cm³/mol. The van der Waals surface area contributed by atoms with Gasteiger partial charge in [-0.1, -0.05) is 42.2 Å². The third-order valence-electron chi connectivity index (χ3n) is 4.86. The van der Waals surface area contributed by atoms with E-state index in [1.807, 2.05) is 74.5 Å². The van der Waals surface area contributed by atoms with Gasteiger partial charge in [-0.3, -0.25) is 0 Å². The van der Waals surface area contributed by atoms with Gasteiger partial charge in [0.05, 0.1) is 0 Å². The highest BCUT2D eigenvalue weighted by molar-refractivity contribution is 6.02. The summed E-state index contributed by atoms with van der Waals surface area (Å²) in [5.41, 5.74) is 1.63. The molecule has 0 amide bonds. The molecule has 0 saturated carbocycles. The highest BCUT2D eigenvalue weighted by Gasteiger charge is 2.55. The molecule has 138 valence electrons. The molecule has 0 saturated heterocycles. The maximum Gasteiger partial charge on any atom is 0.245 e. The molecule has 27 heavy (non-hydrogen) atoms. The molecular weight excluding hydrogens is 336 g/mol. The van der Waals surface area contributed by atoms with Crippen molar-refractivity contribution in [3.63, 3.8) is 0 Å². The molecule has 2 aromatic rings. The SMILES string of the molecule is CC1(C)C(/C=C/c2ccc(C#Cc3ccccc3)cc2)=[N+]([O-])C(C)(C)N1O. The van der Waals surface area contributed by atoms with Crippen molar-refractivity contribution in [2.75, 3.05) is 0 Å². The van der Waals surface area contributed by atoms with Crippen molar-refractivity contribution in [3.8, 4) is 11.8 Å². The molecule has 1 aliphatic heterocycles. The molecule has 1 N–H and O–H groups in total. The lowest BCUT2D eigenvalue weighted by molar-refractivity contribution is -0.580. The van der Waals surface area contributed by atoms with E-state index in [0.717, 1.165) is 26.5 Å². The van der Waals surface area contributed by atoms with Crippen LogP contribution < -0.4 is 0 Å². The van der Waals surface area contributed by atoms with Crippen molar-refractivity contribution in [1.82, 2.24) is 5.06 Å². The van der Waals surface area contributed by atoms with Crippen molar-refractivity contribution >= 4 is 11.8 Å². The number of rotatable bonds is 2. The zero-order valence-corrected chi connectivity index (χ0v) is 16.1. The quantitative estimate of drug-likeness (QED) is 0.494. The Kier molecular flexibility index (Phi) is 4.93. The zero-order chi connectivity index (χ0) is 19.7. The summed E-state index contributed by atoms with van der Waals surface area (Å²) in [5, 5.41) is 24.0. The van der Waals surface area contributed by atoms with Gasteiger partial charge in [-0.15, -0.1) is 5.06 Å². The number of nitrogens with zero attached hydrogens (tertiary/aromatic N) is 2. The van der Waals surface area contributed by atoms with Crippen LogP contribution in [-0.4, -0.2) is 31.9 Å². The van der Waals surface area contributed by atoms with E-state index >= 15 is 0 Å². The number of hydrogen-bond donors (Lipinski definition) is 1. The van der Waals surface area contributed by atoms with Gasteiger partial charge in [-0.2, -0.15) is 4.74 Å². The van der Waals surface area contributed by atoms with E-state index in [2.05, 4.69) is 11.8 Å². The monoisotopic (exact) mass is 360 g/mol. The molecule has 1 aliphatic rings. The van der Waals surface area contributed by atoms with E-state index in [1.165, 1.54) is 0 Å². The molecule has 4 nitrogen and oxygen atoms in total. The van der Waals surface area contributed by atoms with E-state index < -0.39 is 11.2 Å². The number of benzene rings is 2. The van der Waals surface area contributed by atoms with Crippen molar-refractivity contribution in [2.45, 2.75) is 38.9 Å². The van der Waals surface area contributed by atoms with Gasteiger partial charge in [0.25, 0.3) is 0 Å². The molecule has 0 aliphatic carbocycles. The molecule has 0 radical (unpaired) electrons. The Morgan fingerprint density at radius 2 is 1.44 bits per heavy atom. The second-order valence-electron chi connectivity index (χ2n) is 7.62. The summed E-state index contributed by atoms with van der Waals surface area (Å²) >= 11 is 0. The molecule has 2 aromatic carbocycles. The average molecular weight is 360 g/mol. The van der Waals surface area contributed by atoms with Crippen LogP contribution in [-0.2, 0) is 0 Å². The predicted octanol–water partition coefficient (Wildman–Crippen LogP) is 4.27. The molecule has 0 aromatic heterocycles. The van der Waals surface area contributed by atoms with Crippen molar-refractivity contribution in [3.05, 3.63) is 82.6 Å². The summed E-state index contributed by atoms with van der Waals surface area (Å²) in [5.74, 6) is 6.28. The molecule has 3 rings (SSSR count). The Morgan fingerprint density at radius 3 is 1.96 bits per heavy atom. The van der Waals surface area contributed by atoms with Crippen LogP contribution in [0.4, 0.5) is 0 Å². The van der Waals surface area contributed by atoms with Crippen molar-refractivity contribution in [1.29, 1.82) is 0 Å². The lowest BCUT2D eigenvalue weighted by Gasteiger charge is -2.29. The summed E-state index contributed by atoms with van der Waals surface area (Å²) in [7, 11) is 0. The van der Waals surface area contributed by atoms with Crippen LogP contribution in [0.2, 0.25) is 0 Å². The average Bonchev–Trinajstić information content (AvgIpc) is 2.77. The van der Waals surface area contributed by atoms with Gasteiger partial charge in [-0.05, 0) is 49.8 Å². The first kappa shape index (κ1) is 18.9. The first-order valence-electron chi connectivity index (χ1n) is 8.92. The Morgan fingerprint density at radius 1 is 0.889 bits per heavy atom. The first-order valence-corrected chi connectivity index (χ1v) is 8.92. The van der Waals surface area contributed by atoms with Crippen LogP contribution in [0.5, 0.6) is 0 Å². The van der Waals surface area contributed by atoms with E-state index in [-0.39, 0.29) is 0 Å². The molecule has 0 fully saturated rings. The van der Waals surface area contributed by atoms with Crippen LogP contribution >= 0.6 is 0 Å². The fraction of sp³-hybridized carbons (Fsp3) is 0.261. The molecule has 1 heterocycles. The lowest BCUT2D eigenvalue weighted by Crippen LogP contribution is -2.51. The third-order valence-corrected chi connectivity index (χ3v) is 4.86. The maximum atomic E-state index is 12.6. The third kappa shape index (κ3) is 3.66. The largest absolute Gasteiger partial charge is 0.622 e.